The van der Waals surface area contributed by atoms with Crippen molar-refractivity contribution in [2.24, 2.45) is 7.05 Å². The van der Waals surface area contributed by atoms with Gasteiger partial charge in [-0.05, 0) is 25.1 Å². The minimum atomic E-state index is 0.383. The molecule has 0 amide bonds. The number of anilines is 1. The van der Waals surface area contributed by atoms with E-state index in [4.69, 9.17) is 17.0 Å². The number of morpholine rings is 1. The predicted octanol–water partition coefficient (Wildman–Crippen LogP) is 0.845. The van der Waals surface area contributed by atoms with Gasteiger partial charge in [0.25, 0.3) is 0 Å². The van der Waals surface area contributed by atoms with Gasteiger partial charge in [-0.1, -0.05) is 0 Å². The minimum absolute atomic E-state index is 0.383. The molecule has 2 aliphatic rings. The number of rotatable bonds is 1. The molecule has 2 unspecified atom stereocenters. The van der Waals surface area contributed by atoms with E-state index in [2.05, 4.69) is 15.1 Å². The van der Waals surface area contributed by atoms with Crippen LogP contribution in [0.1, 0.15) is 12.8 Å². The van der Waals surface area contributed by atoms with Crippen molar-refractivity contribution < 1.29 is 4.74 Å². The highest BCUT2D eigenvalue weighted by Gasteiger charge is 2.35. The molecule has 0 aromatic carbocycles. The molecule has 15 heavy (non-hydrogen) atoms. The summed E-state index contributed by atoms with van der Waals surface area (Å²) in [5, 5.41) is 7.07. The maximum atomic E-state index is 5.78. The largest absolute Gasteiger partial charge is 0.371 e. The zero-order chi connectivity index (χ0) is 10.4. The Kier molecular flexibility index (Phi) is 2.07. The molecule has 2 aliphatic heterocycles. The monoisotopic (exact) mass is 226 g/mol. The van der Waals surface area contributed by atoms with Gasteiger partial charge >= 0.3 is 0 Å². The molecular formula is C9H14N4OS. The summed E-state index contributed by atoms with van der Waals surface area (Å²) in [5.74, 6) is 0.931. The second-order valence-electron chi connectivity index (χ2n) is 4.25. The summed E-state index contributed by atoms with van der Waals surface area (Å²) in [4.78, 5) is 2.26. The molecule has 0 spiro atoms. The quantitative estimate of drug-likeness (QED) is 0.721. The zero-order valence-electron chi connectivity index (χ0n) is 8.64. The van der Waals surface area contributed by atoms with Crippen LogP contribution < -0.4 is 4.90 Å². The molecule has 0 aliphatic carbocycles. The van der Waals surface area contributed by atoms with Gasteiger partial charge in [-0.15, -0.1) is 5.10 Å². The highest BCUT2D eigenvalue weighted by molar-refractivity contribution is 7.71. The number of hydrogen-bond donors (Lipinski definition) is 1. The Bertz CT molecular complexity index is 414. The summed E-state index contributed by atoms with van der Waals surface area (Å²) in [5.41, 5.74) is 0. The van der Waals surface area contributed by atoms with Crippen molar-refractivity contribution >= 4 is 18.2 Å². The van der Waals surface area contributed by atoms with E-state index in [0.717, 1.165) is 19.0 Å². The van der Waals surface area contributed by atoms with Crippen molar-refractivity contribution in [3.8, 4) is 0 Å². The van der Waals surface area contributed by atoms with Gasteiger partial charge < -0.3 is 9.64 Å². The van der Waals surface area contributed by atoms with Crippen LogP contribution in [-0.2, 0) is 11.8 Å². The van der Waals surface area contributed by atoms with E-state index in [0.29, 0.717) is 17.0 Å². The molecule has 1 aromatic rings. The first kappa shape index (κ1) is 9.35. The summed E-state index contributed by atoms with van der Waals surface area (Å²) in [6.45, 7) is 1.87. The van der Waals surface area contributed by atoms with Crippen LogP contribution in [0.5, 0.6) is 0 Å². The number of nitrogens with one attached hydrogen (secondary N) is 1. The van der Waals surface area contributed by atoms with Crippen molar-refractivity contribution in [2.45, 2.75) is 25.0 Å². The molecule has 5 nitrogen and oxygen atoms in total. The van der Waals surface area contributed by atoms with Gasteiger partial charge in [0.15, 0.2) is 4.77 Å². The van der Waals surface area contributed by atoms with Gasteiger partial charge in [0.2, 0.25) is 5.95 Å². The van der Waals surface area contributed by atoms with Crippen LogP contribution in [0, 0.1) is 4.77 Å². The van der Waals surface area contributed by atoms with Crippen molar-refractivity contribution in [1.82, 2.24) is 14.8 Å². The van der Waals surface area contributed by atoms with E-state index in [-0.39, 0.29) is 0 Å². The Hall–Kier alpha value is -0.880. The third-order valence-corrected chi connectivity index (χ3v) is 3.55. The molecule has 2 atom stereocenters. The number of nitrogens with zero attached hydrogens (tertiary/aromatic N) is 3. The van der Waals surface area contributed by atoms with Gasteiger partial charge in [0, 0.05) is 20.1 Å². The maximum absolute atomic E-state index is 5.78. The van der Waals surface area contributed by atoms with Crippen LogP contribution in [-0.4, -0.2) is 40.1 Å². The second kappa shape index (κ2) is 3.31. The molecule has 0 radical (unpaired) electrons. The van der Waals surface area contributed by atoms with Crippen molar-refractivity contribution in [2.75, 3.05) is 18.0 Å². The zero-order valence-corrected chi connectivity index (χ0v) is 9.46. The first-order valence-corrected chi connectivity index (χ1v) is 5.66. The normalized spacial score (nSPS) is 29.8. The lowest BCUT2D eigenvalue weighted by Crippen LogP contribution is -2.43. The van der Waals surface area contributed by atoms with Gasteiger partial charge in [0.05, 0.1) is 12.2 Å². The van der Waals surface area contributed by atoms with Gasteiger partial charge in [-0.2, -0.15) is 0 Å². The molecule has 3 rings (SSSR count). The van der Waals surface area contributed by atoms with Crippen LogP contribution >= 0.6 is 12.2 Å². The molecule has 0 saturated carbocycles. The Morgan fingerprint density at radius 2 is 2.07 bits per heavy atom. The average molecular weight is 226 g/mol. The fraction of sp³-hybridized carbons (Fsp3) is 0.778. The van der Waals surface area contributed by atoms with Gasteiger partial charge in [-0.25, -0.2) is 5.10 Å². The molecule has 6 heteroatoms. The summed E-state index contributed by atoms with van der Waals surface area (Å²) >= 11 is 5.10. The predicted molar refractivity (Wildman–Crippen MR) is 58.5 cm³/mol. The number of aromatic amines is 1. The summed E-state index contributed by atoms with van der Waals surface area (Å²) in [6.07, 6.45) is 3.12. The van der Waals surface area contributed by atoms with E-state index < -0.39 is 0 Å². The number of hydrogen-bond acceptors (Lipinski definition) is 4. The summed E-state index contributed by atoms with van der Waals surface area (Å²) in [6, 6.07) is 0. The Balaban J connectivity index is 1.89. The fourth-order valence-electron chi connectivity index (χ4n) is 2.40. The maximum Gasteiger partial charge on any atom is 0.225 e. The molecule has 1 aromatic heterocycles. The van der Waals surface area contributed by atoms with Gasteiger partial charge in [-0.3, -0.25) is 4.57 Å². The highest BCUT2D eigenvalue weighted by Crippen LogP contribution is 2.28. The van der Waals surface area contributed by atoms with E-state index in [1.807, 2.05) is 11.6 Å². The second-order valence-corrected chi connectivity index (χ2v) is 4.64. The van der Waals surface area contributed by atoms with E-state index >= 15 is 0 Å². The minimum Gasteiger partial charge on any atom is -0.371 e. The average Bonchev–Trinajstić information content (AvgIpc) is 2.73. The molecule has 1 N–H and O–H groups in total. The van der Waals surface area contributed by atoms with Crippen LogP contribution in [0.15, 0.2) is 0 Å². The van der Waals surface area contributed by atoms with E-state index in [1.54, 1.807) is 0 Å². The van der Waals surface area contributed by atoms with Gasteiger partial charge in [0.1, 0.15) is 0 Å². The number of fused-ring (bicyclic) bond motifs is 2. The smallest absolute Gasteiger partial charge is 0.225 e. The van der Waals surface area contributed by atoms with Crippen molar-refractivity contribution in [3.05, 3.63) is 4.77 Å². The molecular weight excluding hydrogens is 212 g/mol. The SMILES string of the molecule is Cn1c(N2CC3CCC(C2)O3)n[nH]c1=S. The fourth-order valence-corrected chi connectivity index (χ4v) is 2.53. The topological polar surface area (TPSA) is 46.1 Å². The number of aromatic nitrogens is 3. The third kappa shape index (κ3) is 1.48. The Morgan fingerprint density at radius 3 is 2.60 bits per heavy atom. The molecule has 2 bridgehead atoms. The first-order chi connectivity index (χ1) is 7.24. The molecule has 82 valence electrons. The summed E-state index contributed by atoms with van der Waals surface area (Å²) < 4.78 is 8.37. The standard InChI is InChI=1S/C9H14N4OS/c1-12-8(10-11-9(12)15)13-4-6-2-3-7(5-13)14-6/h6-7H,2-5H2,1H3,(H,11,15). The number of ether oxygens (including phenoxy) is 1. The van der Waals surface area contributed by atoms with E-state index in [9.17, 15) is 0 Å². The van der Waals surface area contributed by atoms with Crippen molar-refractivity contribution in [1.29, 1.82) is 0 Å². The van der Waals surface area contributed by atoms with E-state index in [1.165, 1.54) is 12.8 Å². The van der Waals surface area contributed by atoms with Crippen LogP contribution in [0.25, 0.3) is 0 Å². The van der Waals surface area contributed by atoms with Crippen LogP contribution in [0.2, 0.25) is 0 Å². The first-order valence-electron chi connectivity index (χ1n) is 5.26. The lowest BCUT2D eigenvalue weighted by atomic mass is 10.2. The Labute approximate surface area is 93.0 Å². The number of H-pyrrole nitrogens is 1. The third-order valence-electron chi connectivity index (χ3n) is 3.18. The highest BCUT2D eigenvalue weighted by atomic mass is 32.1. The molecule has 2 fully saturated rings. The van der Waals surface area contributed by atoms with Crippen molar-refractivity contribution in [3.63, 3.8) is 0 Å². The lowest BCUT2D eigenvalue weighted by molar-refractivity contribution is 0.0297. The lowest BCUT2D eigenvalue weighted by Gasteiger charge is -2.32. The summed E-state index contributed by atoms with van der Waals surface area (Å²) in [7, 11) is 1.94. The molecule has 2 saturated heterocycles. The van der Waals surface area contributed by atoms with Crippen LogP contribution in [0.3, 0.4) is 0 Å². The Morgan fingerprint density at radius 1 is 1.40 bits per heavy atom. The van der Waals surface area contributed by atoms with Crippen LogP contribution in [0.4, 0.5) is 5.95 Å². The molecule has 3 heterocycles.